The van der Waals surface area contributed by atoms with Gasteiger partial charge in [0.05, 0.1) is 22.3 Å². The molecular formula is C52H54O6Si2. The van der Waals surface area contributed by atoms with Crippen molar-refractivity contribution < 1.29 is 28.7 Å². The van der Waals surface area contributed by atoms with Gasteiger partial charge in [-0.25, -0.2) is 19.2 Å². The Balaban J connectivity index is 1.53. The molecule has 0 radical (unpaired) electrons. The van der Waals surface area contributed by atoms with E-state index in [-0.39, 0.29) is 0 Å². The largest absolute Gasteiger partial charge is 0.386 e. The Morgan fingerprint density at radius 3 is 0.817 bits per heavy atom. The molecule has 4 unspecified atom stereocenters. The number of carbonyl (C=O) groups is 4. The second kappa shape index (κ2) is 13.7. The molecule has 8 aliphatic rings. The van der Waals surface area contributed by atoms with Gasteiger partial charge in [0.25, 0.3) is 0 Å². The first kappa shape index (κ1) is 40.4. The lowest BCUT2D eigenvalue weighted by atomic mass is 9.54. The van der Waals surface area contributed by atoms with Crippen LogP contribution in [0.2, 0.25) is 33.2 Å². The quantitative estimate of drug-likeness (QED) is 0.106. The third-order valence-electron chi connectivity index (χ3n) is 15.6. The van der Waals surface area contributed by atoms with Crippen LogP contribution in [0.5, 0.6) is 0 Å². The van der Waals surface area contributed by atoms with Crippen LogP contribution in [0, 0.1) is 22.9 Å². The van der Waals surface area contributed by atoms with Crippen LogP contribution in [0.1, 0.15) is 162 Å². The van der Waals surface area contributed by atoms with E-state index >= 15 is 0 Å². The van der Waals surface area contributed by atoms with Gasteiger partial charge in [-0.05, 0) is 77.8 Å². The molecule has 8 heteroatoms. The zero-order chi connectivity index (χ0) is 43.1. The number of esters is 4. The summed E-state index contributed by atoms with van der Waals surface area (Å²) in [7, 11) is -4.76. The molecule has 0 fully saturated rings. The van der Waals surface area contributed by atoms with Gasteiger partial charge in [-0.15, -0.1) is 11.1 Å². The smallest absolute Gasteiger partial charge is 0.343 e. The average molecular weight is 831 g/mol. The lowest BCUT2D eigenvalue weighted by molar-refractivity contribution is -0.153. The van der Waals surface area contributed by atoms with Crippen molar-refractivity contribution in [1.82, 2.24) is 0 Å². The van der Waals surface area contributed by atoms with Gasteiger partial charge < -0.3 is 9.47 Å². The van der Waals surface area contributed by atoms with E-state index in [0.29, 0.717) is 55.5 Å². The summed E-state index contributed by atoms with van der Waals surface area (Å²) in [6.45, 7) is 27.5. The number of benzene rings is 3. The van der Waals surface area contributed by atoms with Crippen LogP contribution in [0.25, 0.3) is 0 Å². The molecule has 4 bridgehead atoms. The van der Waals surface area contributed by atoms with Crippen LogP contribution >= 0.6 is 0 Å². The Bertz CT molecular complexity index is 2340. The van der Waals surface area contributed by atoms with Crippen molar-refractivity contribution in [2.75, 3.05) is 0 Å². The van der Waals surface area contributed by atoms with Crippen molar-refractivity contribution in [2.24, 2.45) is 0 Å². The molecule has 6 nitrogen and oxygen atoms in total. The molecule has 0 saturated carbocycles. The number of hydrogen-bond acceptors (Lipinski definition) is 6. The Kier molecular flexibility index (Phi) is 9.25. The van der Waals surface area contributed by atoms with E-state index in [2.05, 4.69) is 130 Å². The SMILES string of the molecule is CC(C)[Si](C#Cc1c2c(c(C#C[Si](C(C)C)(C(C)C)C(C)C)c3c1C1C4=C(C(=O)OC4=O)C3c3ccccc31)C1C3=C(C(=O)OC3=O)C2c2ccccc21)(C(C)C)C(C)C. The Labute approximate surface area is 356 Å². The third-order valence-corrected chi connectivity index (χ3v) is 28.2. The van der Waals surface area contributed by atoms with E-state index in [0.717, 1.165) is 55.6 Å². The zero-order valence-corrected chi connectivity index (χ0v) is 38.8. The predicted molar refractivity (Wildman–Crippen MR) is 239 cm³/mol. The molecule has 0 spiro atoms. The Morgan fingerprint density at radius 2 is 0.617 bits per heavy atom. The summed E-state index contributed by atoms with van der Waals surface area (Å²) in [6, 6.07) is 16.2. The predicted octanol–water partition coefficient (Wildman–Crippen LogP) is 10.8. The second-order valence-corrected chi connectivity index (χ2v) is 30.9. The van der Waals surface area contributed by atoms with Crippen LogP contribution in [-0.4, -0.2) is 40.0 Å². The summed E-state index contributed by atoms with van der Waals surface area (Å²) >= 11 is 0. The van der Waals surface area contributed by atoms with Crippen molar-refractivity contribution in [1.29, 1.82) is 0 Å². The highest BCUT2D eigenvalue weighted by molar-refractivity contribution is 6.91. The molecule has 6 aliphatic carbocycles. The molecule has 0 N–H and O–H groups in total. The van der Waals surface area contributed by atoms with Crippen LogP contribution in [-0.2, 0) is 28.7 Å². The van der Waals surface area contributed by atoms with E-state index < -0.39 is 63.7 Å². The number of ether oxygens (including phenoxy) is 2. The van der Waals surface area contributed by atoms with Gasteiger partial charge >= 0.3 is 23.9 Å². The number of rotatable bonds is 6. The summed E-state index contributed by atoms with van der Waals surface area (Å²) in [5, 5.41) is 0. The summed E-state index contributed by atoms with van der Waals surface area (Å²) in [5.41, 5.74) is 20.6. The highest BCUT2D eigenvalue weighted by Crippen LogP contribution is 2.65. The van der Waals surface area contributed by atoms with Crippen molar-refractivity contribution in [3.05, 3.63) is 126 Å². The van der Waals surface area contributed by atoms with E-state index in [9.17, 15) is 19.2 Å². The molecular weight excluding hydrogens is 777 g/mol. The normalized spacial score (nSPS) is 21.9. The maximum absolute atomic E-state index is 14.0. The highest BCUT2D eigenvalue weighted by Gasteiger charge is 2.59. The summed E-state index contributed by atoms with van der Waals surface area (Å²) in [4.78, 5) is 56.2. The summed E-state index contributed by atoms with van der Waals surface area (Å²) in [5.74, 6) is 2.87. The molecule has 3 aromatic carbocycles. The second-order valence-electron chi connectivity index (χ2n) is 19.7. The van der Waals surface area contributed by atoms with Crippen LogP contribution in [0.4, 0.5) is 0 Å². The van der Waals surface area contributed by atoms with Gasteiger partial charge in [0.2, 0.25) is 0 Å². The topological polar surface area (TPSA) is 86.7 Å². The highest BCUT2D eigenvalue weighted by atomic mass is 28.3. The van der Waals surface area contributed by atoms with Crippen LogP contribution < -0.4 is 0 Å². The number of cyclic esters (lactones) is 4. The summed E-state index contributed by atoms with van der Waals surface area (Å²) in [6.07, 6.45) is 0. The monoisotopic (exact) mass is 830 g/mol. The van der Waals surface area contributed by atoms with Gasteiger partial charge in [0, 0.05) is 34.8 Å². The Hall–Kier alpha value is -5.03. The van der Waals surface area contributed by atoms with Crippen molar-refractivity contribution in [3.63, 3.8) is 0 Å². The van der Waals surface area contributed by atoms with Crippen molar-refractivity contribution in [2.45, 2.75) is 140 Å². The lowest BCUT2D eigenvalue weighted by Crippen LogP contribution is -2.43. The maximum atomic E-state index is 14.0. The molecule has 60 heavy (non-hydrogen) atoms. The first-order chi connectivity index (χ1) is 28.4. The summed E-state index contributed by atoms with van der Waals surface area (Å²) < 4.78 is 11.1. The van der Waals surface area contributed by atoms with E-state index in [1.54, 1.807) is 0 Å². The fourth-order valence-corrected chi connectivity index (χ4v) is 23.7. The Morgan fingerprint density at radius 1 is 0.400 bits per heavy atom. The minimum atomic E-state index is -2.38. The molecule has 306 valence electrons. The van der Waals surface area contributed by atoms with Gasteiger partial charge in [-0.3, -0.25) is 0 Å². The van der Waals surface area contributed by atoms with E-state index in [1.165, 1.54) is 0 Å². The van der Waals surface area contributed by atoms with E-state index in [1.807, 2.05) is 24.3 Å². The van der Waals surface area contributed by atoms with Gasteiger partial charge in [0.1, 0.15) is 16.1 Å². The van der Waals surface area contributed by atoms with Crippen LogP contribution in [0.3, 0.4) is 0 Å². The molecule has 3 aromatic rings. The van der Waals surface area contributed by atoms with Gasteiger partial charge in [0.15, 0.2) is 0 Å². The standard InChI is InChI=1S/C52H54O6Si2/c1-25(2)59(26(3)4,27(5)6)23-21-35-41-37-31-17-13-15-19-33(31)39(47-45(37)49(53)57-51(47)55)43(41)36(22-24-60(28(7)8,29(9)10)30(11)12)44-40-34-20-16-14-18-32(34)38(42(35)44)46-48(40)52(56)58-50(46)54/h13-20,25-30,37-40H,1-12H3. The molecule has 11 rings (SSSR count). The van der Waals surface area contributed by atoms with Gasteiger partial charge in [-0.2, -0.15) is 0 Å². The fraction of sp³-hybridized carbons (Fsp3) is 0.423. The average Bonchev–Trinajstić information content (AvgIpc) is 3.67. The number of carbonyl (C=O) groups excluding carboxylic acids is 4. The molecule has 0 amide bonds. The first-order valence-electron chi connectivity index (χ1n) is 21.9. The van der Waals surface area contributed by atoms with Crippen LogP contribution in [0.15, 0.2) is 70.8 Å². The fourth-order valence-electron chi connectivity index (χ4n) is 13.3. The molecule has 4 atom stereocenters. The minimum absolute atomic E-state index is 0.339. The third kappa shape index (κ3) is 5.01. The number of hydrogen-bond donors (Lipinski definition) is 0. The van der Waals surface area contributed by atoms with E-state index in [4.69, 9.17) is 9.47 Å². The molecule has 2 heterocycles. The molecule has 0 saturated heterocycles. The zero-order valence-electron chi connectivity index (χ0n) is 36.8. The molecule has 2 aliphatic heterocycles. The molecule has 0 aromatic heterocycles. The van der Waals surface area contributed by atoms with Gasteiger partial charge in [-0.1, -0.05) is 143 Å². The minimum Gasteiger partial charge on any atom is -0.386 e. The van der Waals surface area contributed by atoms with Crippen molar-refractivity contribution in [3.8, 4) is 22.9 Å². The maximum Gasteiger partial charge on any atom is 0.343 e. The lowest BCUT2D eigenvalue weighted by Gasteiger charge is -2.46. The van der Waals surface area contributed by atoms with Crippen molar-refractivity contribution >= 4 is 40.0 Å². The first-order valence-corrected chi connectivity index (χ1v) is 26.4.